The summed E-state index contributed by atoms with van der Waals surface area (Å²) in [6.45, 7) is 10.6. The quantitative estimate of drug-likeness (QED) is 0.204. The Labute approximate surface area is 292 Å². The summed E-state index contributed by atoms with van der Waals surface area (Å²) in [5, 5.41) is 0. The highest BCUT2D eigenvalue weighted by atomic mass is 16.7. The van der Waals surface area contributed by atoms with Crippen molar-refractivity contribution in [2.24, 2.45) is 28.6 Å². The molecule has 13 atom stereocenters. The first-order valence-electron chi connectivity index (χ1n) is 17.4. The van der Waals surface area contributed by atoms with Gasteiger partial charge in [0.05, 0.1) is 13.2 Å². The zero-order valence-electron chi connectivity index (χ0n) is 30.1. The van der Waals surface area contributed by atoms with Crippen molar-refractivity contribution in [1.29, 1.82) is 0 Å². The third kappa shape index (κ3) is 7.28. The Bertz CT molecular complexity index is 1410. The van der Waals surface area contributed by atoms with Crippen molar-refractivity contribution in [3.63, 3.8) is 0 Å². The second kappa shape index (κ2) is 14.6. The van der Waals surface area contributed by atoms with Gasteiger partial charge in [0.1, 0.15) is 12.2 Å². The van der Waals surface area contributed by atoms with Crippen LogP contribution in [-0.4, -0.2) is 91.9 Å². The first kappa shape index (κ1) is 37.7. The summed E-state index contributed by atoms with van der Waals surface area (Å²) in [6, 6.07) is 0. The van der Waals surface area contributed by atoms with Gasteiger partial charge in [-0.15, -0.1) is 0 Å². The van der Waals surface area contributed by atoms with Crippen molar-refractivity contribution in [2.45, 2.75) is 142 Å². The fraction of sp³-hybridized carbons (Fsp3) is 0.778. The second-order valence-electron chi connectivity index (χ2n) is 14.9. The van der Waals surface area contributed by atoms with Crippen molar-refractivity contribution >= 4 is 35.8 Å². The first-order valence-corrected chi connectivity index (χ1v) is 17.4. The van der Waals surface area contributed by atoms with Gasteiger partial charge in [0.15, 0.2) is 24.4 Å². The van der Waals surface area contributed by atoms with Crippen LogP contribution < -0.4 is 0 Å². The van der Waals surface area contributed by atoms with E-state index in [2.05, 4.69) is 13.8 Å². The van der Waals surface area contributed by atoms with E-state index in [0.29, 0.717) is 19.3 Å². The molecule has 5 aliphatic rings. The zero-order valence-corrected chi connectivity index (χ0v) is 30.1. The minimum atomic E-state index is -1.60. The first-order chi connectivity index (χ1) is 23.5. The van der Waals surface area contributed by atoms with Gasteiger partial charge < -0.3 is 37.9 Å². The molecule has 0 aromatic carbocycles. The molecule has 14 heteroatoms. The molecule has 7 unspecified atom stereocenters. The molecule has 0 radical (unpaired) electrons. The molecule has 0 aromatic rings. The number of esters is 6. The van der Waals surface area contributed by atoms with E-state index in [9.17, 15) is 28.8 Å². The highest BCUT2D eigenvalue weighted by Crippen LogP contribution is 2.66. The van der Waals surface area contributed by atoms with E-state index in [1.807, 2.05) is 6.08 Å². The van der Waals surface area contributed by atoms with Crippen LogP contribution in [-0.2, 0) is 66.7 Å². The van der Waals surface area contributed by atoms with E-state index in [0.717, 1.165) is 59.1 Å². The Morgan fingerprint density at radius 3 is 1.90 bits per heavy atom. The van der Waals surface area contributed by atoms with E-state index < -0.39 is 60.7 Å². The van der Waals surface area contributed by atoms with E-state index in [4.69, 9.17) is 37.9 Å². The van der Waals surface area contributed by atoms with Crippen LogP contribution in [0, 0.1) is 28.6 Å². The monoisotopic (exact) mass is 706 g/mol. The Hall–Kier alpha value is -3.52. The summed E-state index contributed by atoms with van der Waals surface area (Å²) in [4.78, 5) is 74.3. The lowest BCUT2D eigenvalue weighted by Gasteiger charge is -2.59. The van der Waals surface area contributed by atoms with Crippen LogP contribution in [0.25, 0.3) is 0 Å². The SMILES string of the molecule is COC(=O)[C@H]1OC(OC2C=C3CC(OC(C)=O)CC[C@]3(C)C3CC[C@]4(C)C(OC(C)=O)CCC4C23)[C@H](OC(C)=O)[C@@H](OC(C)=O)[C@@H]1OC(C)=O. The third-order valence-corrected chi connectivity index (χ3v) is 11.7. The topological polar surface area (TPSA) is 176 Å². The maximum atomic E-state index is 13.1. The molecule has 0 spiro atoms. The van der Waals surface area contributed by atoms with Gasteiger partial charge in [-0.3, -0.25) is 24.0 Å². The highest BCUT2D eigenvalue weighted by molar-refractivity contribution is 5.77. The van der Waals surface area contributed by atoms with Crippen LogP contribution in [0.15, 0.2) is 11.6 Å². The van der Waals surface area contributed by atoms with Crippen molar-refractivity contribution < 1.29 is 66.7 Å². The average Bonchev–Trinajstić information content (AvgIpc) is 3.34. The zero-order chi connectivity index (χ0) is 36.7. The molecule has 5 rings (SSSR count). The molecule has 4 fully saturated rings. The molecule has 278 valence electrons. The van der Waals surface area contributed by atoms with Gasteiger partial charge in [-0.1, -0.05) is 25.5 Å². The number of ether oxygens (including phenoxy) is 8. The van der Waals surface area contributed by atoms with Crippen LogP contribution in [0.1, 0.15) is 93.4 Å². The van der Waals surface area contributed by atoms with Crippen molar-refractivity contribution in [1.82, 2.24) is 0 Å². The smallest absolute Gasteiger partial charge is 0.339 e. The van der Waals surface area contributed by atoms with E-state index in [1.54, 1.807) is 0 Å². The largest absolute Gasteiger partial charge is 0.467 e. The van der Waals surface area contributed by atoms with Crippen LogP contribution in [0.4, 0.5) is 0 Å². The van der Waals surface area contributed by atoms with Crippen LogP contribution in [0.3, 0.4) is 0 Å². The summed E-state index contributed by atoms with van der Waals surface area (Å²) in [6.07, 6.45) is -1.61. The standard InChI is InChI=1S/C36H50O14/c1-17(37)44-23-11-13-35(6)22(15-23)16-26(28-24-9-10-27(45-18(2)38)36(24,7)14-12-25(28)35)49-34-32(48-21(5)41)30(47-20(4)40)29(46-19(3)39)31(50-34)33(42)43-8/h16,23-32,34H,9-15H2,1-8H3/t23?,24?,25?,26?,27?,28?,29-,30-,31-,32+,34?,35-,36-/m0/s1. The summed E-state index contributed by atoms with van der Waals surface area (Å²) in [5.41, 5.74) is 0.487. The molecule has 1 aliphatic heterocycles. The van der Waals surface area contributed by atoms with Gasteiger partial charge >= 0.3 is 35.8 Å². The molecule has 50 heavy (non-hydrogen) atoms. The Kier molecular flexibility index (Phi) is 11.0. The Morgan fingerprint density at radius 2 is 1.30 bits per heavy atom. The predicted molar refractivity (Wildman–Crippen MR) is 170 cm³/mol. The minimum absolute atomic E-state index is 0.0571. The van der Waals surface area contributed by atoms with Crippen molar-refractivity contribution in [3.8, 4) is 0 Å². The molecule has 0 bridgehead atoms. The number of methoxy groups -OCH3 is 1. The molecule has 14 nitrogen and oxygen atoms in total. The summed E-state index contributed by atoms with van der Waals surface area (Å²) in [7, 11) is 1.13. The molecular weight excluding hydrogens is 656 g/mol. The molecule has 0 amide bonds. The molecule has 0 aromatic heterocycles. The number of hydrogen-bond donors (Lipinski definition) is 0. The lowest BCUT2D eigenvalue weighted by Crippen LogP contribution is -2.65. The molecule has 4 aliphatic carbocycles. The molecule has 3 saturated carbocycles. The van der Waals surface area contributed by atoms with Gasteiger partial charge in [-0.05, 0) is 61.7 Å². The van der Waals surface area contributed by atoms with Gasteiger partial charge in [-0.2, -0.15) is 0 Å². The van der Waals surface area contributed by atoms with E-state index in [-0.39, 0.29) is 52.7 Å². The minimum Gasteiger partial charge on any atom is -0.467 e. The number of carbonyl (C=O) groups is 6. The molecular formula is C36H50O14. The van der Waals surface area contributed by atoms with Gasteiger partial charge in [0.25, 0.3) is 0 Å². The van der Waals surface area contributed by atoms with E-state index in [1.165, 1.54) is 13.8 Å². The Morgan fingerprint density at radius 1 is 0.700 bits per heavy atom. The maximum absolute atomic E-state index is 13.1. The fourth-order valence-corrected chi connectivity index (χ4v) is 9.74. The van der Waals surface area contributed by atoms with Crippen LogP contribution in [0.2, 0.25) is 0 Å². The van der Waals surface area contributed by atoms with Gasteiger partial charge in [-0.25, -0.2) is 4.79 Å². The molecule has 1 saturated heterocycles. The summed E-state index contributed by atoms with van der Waals surface area (Å²) < 4.78 is 46.3. The summed E-state index contributed by atoms with van der Waals surface area (Å²) in [5.74, 6) is -3.89. The maximum Gasteiger partial charge on any atom is 0.339 e. The normalized spacial score (nSPS) is 40.4. The lowest BCUT2D eigenvalue weighted by molar-refractivity contribution is -0.315. The lowest BCUT2D eigenvalue weighted by atomic mass is 9.47. The fourth-order valence-electron chi connectivity index (χ4n) is 9.74. The van der Waals surface area contributed by atoms with Crippen molar-refractivity contribution in [3.05, 3.63) is 11.6 Å². The highest BCUT2D eigenvalue weighted by Gasteiger charge is 2.63. The van der Waals surface area contributed by atoms with Crippen LogP contribution >= 0.6 is 0 Å². The molecule has 0 N–H and O–H groups in total. The number of carbonyl (C=O) groups excluding carboxylic acids is 6. The number of hydrogen-bond acceptors (Lipinski definition) is 14. The van der Waals surface area contributed by atoms with Gasteiger partial charge in [0.2, 0.25) is 6.29 Å². The average molecular weight is 707 g/mol. The predicted octanol–water partition coefficient (Wildman–Crippen LogP) is 3.50. The molecule has 1 heterocycles. The summed E-state index contributed by atoms with van der Waals surface area (Å²) >= 11 is 0. The van der Waals surface area contributed by atoms with Crippen molar-refractivity contribution in [2.75, 3.05) is 7.11 Å². The van der Waals surface area contributed by atoms with Crippen LogP contribution in [0.5, 0.6) is 0 Å². The van der Waals surface area contributed by atoms with Gasteiger partial charge in [0, 0.05) is 46.5 Å². The number of fused-ring (bicyclic) bond motifs is 5. The Balaban J connectivity index is 1.60. The number of rotatable bonds is 8. The second-order valence-corrected chi connectivity index (χ2v) is 14.9. The van der Waals surface area contributed by atoms with E-state index >= 15 is 0 Å². The third-order valence-electron chi connectivity index (χ3n) is 11.7.